The minimum absolute atomic E-state index is 0.0986. The number of phenols is 1. The van der Waals surface area contributed by atoms with Crippen molar-refractivity contribution in [3.8, 4) is 5.75 Å². The molecule has 0 aromatic heterocycles. The van der Waals surface area contributed by atoms with Crippen LogP contribution >= 0.6 is 15.9 Å². The molecule has 1 rings (SSSR count). The second kappa shape index (κ2) is 7.53. The van der Waals surface area contributed by atoms with Gasteiger partial charge in [-0.3, -0.25) is 4.79 Å². The average Bonchev–Trinajstić information content (AvgIpc) is 2.40. The molecule has 1 amide bonds. The molecule has 1 unspecified atom stereocenters. The van der Waals surface area contributed by atoms with E-state index in [2.05, 4.69) is 35.1 Å². The molecule has 0 heterocycles. The Hall–Kier alpha value is -1.03. The maximum absolute atomic E-state index is 12.0. The second-order valence-electron chi connectivity index (χ2n) is 4.80. The van der Waals surface area contributed by atoms with Crippen LogP contribution in [0, 0.1) is 12.8 Å². The number of amides is 1. The number of aromatic hydroxyl groups is 1. The third-order valence-corrected chi connectivity index (χ3v) is 4.55. The number of carbonyl (C=O) groups is 1. The van der Waals surface area contributed by atoms with Gasteiger partial charge < -0.3 is 10.4 Å². The highest BCUT2D eigenvalue weighted by Crippen LogP contribution is 2.20. The molecule has 0 saturated carbocycles. The van der Waals surface area contributed by atoms with E-state index >= 15 is 0 Å². The Labute approximate surface area is 123 Å². The van der Waals surface area contributed by atoms with E-state index in [0.29, 0.717) is 28.4 Å². The van der Waals surface area contributed by atoms with Gasteiger partial charge in [0, 0.05) is 16.9 Å². The molecule has 2 N–H and O–H groups in total. The Morgan fingerprint density at radius 3 is 2.53 bits per heavy atom. The fourth-order valence-electron chi connectivity index (χ4n) is 2.06. The predicted octanol–water partition coefficient (Wildman–Crippen LogP) is 3.63. The highest BCUT2D eigenvalue weighted by Gasteiger charge is 2.16. The monoisotopic (exact) mass is 327 g/mol. The fourth-order valence-corrected chi connectivity index (χ4v) is 2.97. The Morgan fingerprint density at radius 1 is 1.37 bits per heavy atom. The van der Waals surface area contributed by atoms with Gasteiger partial charge in [0.05, 0.1) is 0 Å². The molecule has 0 aliphatic heterocycles. The summed E-state index contributed by atoms with van der Waals surface area (Å²) in [6.07, 6.45) is 2.20. The van der Waals surface area contributed by atoms with E-state index in [4.69, 9.17) is 0 Å². The molecule has 0 spiro atoms. The number of nitrogens with one attached hydrogen (secondary N) is 1. The zero-order valence-electron chi connectivity index (χ0n) is 11.7. The number of hydrogen-bond acceptors (Lipinski definition) is 2. The first-order chi connectivity index (χ1) is 8.99. The molecule has 1 aromatic carbocycles. The maximum Gasteiger partial charge on any atom is 0.251 e. The summed E-state index contributed by atoms with van der Waals surface area (Å²) < 4.78 is 0. The van der Waals surface area contributed by atoms with E-state index in [-0.39, 0.29) is 11.7 Å². The van der Waals surface area contributed by atoms with E-state index in [1.165, 1.54) is 0 Å². The van der Waals surface area contributed by atoms with Crippen molar-refractivity contribution in [1.82, 2.24) is 5.32 Å². The smallest absolute Gasteiger partial charge is 0.251 e. The average molecular weight is 328 g/mol. The van der Waals surface area contributed by atoms with Crippen LogP contribution in [0.15, 0.2) is 18.2 Å². The first kappa shape index (κ1) is 16.0. The molecule has 1 atom stereocenters. The number of phenolic OH excluding ortho intramolecular Hbond substituents is 1. The molecule has 0 aliphatic carbocycles. The number of alkyl halides is 1. The minimum atomic E-state index is -0.0986. The number of rotatable bonds is 6. The van der Waals surface area contributed by atoms with Gasteiger partial charge in [0.2, 0.25) is 0 Å². The molecule has 0 fully saturated rings. The number of carbonyl (C=O) groups excluding carboxylic acids is 1. The summed E-state index contributed by atoms with van der Waals surface area (Å²) in [5, 5.41) is 12.4. The van der Waals surface area contributed by atoms with Crippen LogP contribution in [0.4, 0.5) is 0 Å². The Morgan fingerprint density at radius 2 is 2.00 bits per heavy atom. The first-order valence-corrected chi connectivity index (χ1v) is 7.63. The number of hydrogen-bond donors (Lipinski definition) is 2. The first-order valence-electron chi connectivity index (χ1n) is 6.71. The zero-order valence-corrected chi connectivity index (χ0v) is 13.3. The molecule has 19 heavy (non-hydrogen) atoms. The molecule has 0 bridgehead atoms. The standard InChI is InChI=1S/C15H22BrNO2/c1-4-11(5-2)13(16)9-17-15(19)12-6-7-14(18)10(3)8-12/h6-8,11,13,18H,4-5,9H2,1-3H3,(H,17,19). The Kier molecular flexibility index (Phi) is 6.35. The molecule has 4 heteroatoms. The van der Waals surface area contributed by atoms with Crippen LogP contribution < -0.4 is 5.32 Å². The van der Waals surface area contributed by atoms with Crippen LogP contribution in [-0.4, -0.2) is 22.4 Å². The lowest BCUT2D eigenvalue weighted by Crippen LogP contribution is -2.32. The molecule has 3 nitrogen and oxygen atoms in total. The summed E-state index contributed by atoms with van der Waals surface area (Å²) in [5.74, 6) is 0.687. The predicted molar refractivity (Wildman–Crippen MR) is 82.0 cm³/mol. The Bertz CT molecular complexity index is 430. The summed E-state index contributed by atoms with van der Waals surface area (Å²) in [5.41, 5.74) is 1.29. The molecule has 0 radical (unpaired) electrons. The van der Waals surface area contributed by atoms with Crippen molar-refractivity contribution in [2.24, 2.45) is 5.92 Å². The topological polar surface area (TPSA) is 49.3 Å². The van der Waals surface area contributed by atoms with Gasteiger partial charge in [-0.2, -0.15) is 0 Å². The Balaban J connectivity index is 2.58. The molecular formula is C15H22BrNO2. The van der Waals surface area contributed by atoms with Crippen LogP contribution in [-0.2, 0) is 0 Å². The van der Waals surface area contributed by atoms with Gasteiger partial charge in [-0.05, 0) is 36.6 Å². The quantitative estimate of drug-likeness (QED) is 0.784. The molecule has 1 aromatic rings. The maximum atomic E-state index is 12.0. The van der Waals surface area contributed by atoms with E-state index in [0.717, 1.165) is 12.8 Å². The van der Waals surface area contributed by atoms with Gasteiger partial charge in [0.1, 0.15) is 5.75 Å². The van der Waals surface area contributed by atoms with Crippen LogP contribution in [0.5, 0.6) is 5.75 Å². The van der Waals surface area contributed by atoms with Crippen molar-refractivity contribution in [3.63, 3.8) is 0 Å². The van der Waals surface area contributed by atoms with Gasteiger partial charge >= 0.3 is 0 Å². The van der Waals surface area contributed by atoms with Crippen LogP contribution in [0.2, 0.25) is 0 Å². The van der Waals surface area contributed by atoms with E-state index < -0.39 is 0 Å². The van der Waals surface area contributed by atoms with Crippen molar-refractivity contribution < 1.29 is 9.90 Å². The van der Waals surface area contributed by atoms with Gasteiger partial charge in [0.25, 0.3) is 5.91 Å². The highest BCUT2D eigenvalue weighted by molar-refractivity contribution is 9.09. The van der Waals surface area contributed by atoms with E-state index in [1.807, 2.05) is 0 Å². The second-order valence-corrected chi connectivity index (χ2v) is 5.98. The van der Waals surface area contributed by atoms with Crippen molar-refractivity contribution in [3.05, 3.63) is 29.3 Å². The summed E-state index contributed by atoms with van der Waals surface area (Å²) >= 11 is 3.64. The number of benzene rings is 1. The number of aryl methyl sites for hydroxylation is 1. The lowest BCUT2D eigenvalue weighted by atomic mass is 9.99. The normalized spacial score (nSPS) is 12.5. The van der Waals surface area contributed by atoms with Crippen molar-refractivity contribution in [2.75, 3.05) is 6.54 Å². The van der Waals surface area contributed by atoms with Gasteiger partial charge in [-0.1, -0.05) is 42.6 Å². The lowest BCUT2D eigenvalue weighted by molar-refractivity contribution is 0.0952. The SMILES string of the molecule is CCC(CC)C(Br)CNC(=O)c1ccc(O)c(C)c1. The minimum Gasteiger partial charge on any atom is -0.508 e. The fraction of sp³-hybridized carbons (Fsp3) is 0.533. The van der Waals surface area contributed by atoms with Crippen LogP contribution in [0.1, 0.15) is 42.6 Å². The molecule has 106 valence electrons. The van der Waals surface area contributed by atoms with Crippen LogP contribution in [0.3, 0.4) is 0 Å². The summed E-state index contributed by atoms with van der Waals surface area (Å²) in [6.45, 7) is 6.72. The van der Waals surface area contributed by atoms with Crippen LogP contribution in [0.25, 0.3) is 0 Å². The highest BCUT2D eigenvalue weighted by atomic mass is 79.9. The van der Waals surface area contributed by atoms with Gasteiger partial charge in [-0.25, -0.2) is 0 Å². The molecule has 0 aliphatic rings. The lowest BCUT2D eigenvalue weighted by Gasteiger charge is -2.20. The summed E-state index contributed by atoms with van der Waals surface area (Å²) in [4.78, 5) is 12.3. The third-order valence-electron chi connectivity index (χ3n) is 3.48. The molecular weight excluding hydrogens is 306 g/mol. The van der Waals surface area contributed by atoms with Crippen molar-refractivity contribution in [2.45, 2.75) is 38.4 Å². The largest absolute Gasteiger partial charge is 0.508 e. The number of halogens is 1. The van der Waals surface area contributed by atoms with E-state index in [9.17, 15) is 9.90 Å². The molecule has 0 saturated heterocycles. The van der Waals surface area contributed by atoms with Gasteiger partial charge in [-0.15, -0.1) is 0 Å². The summed E-state index contributed by atoms with van der Waals surface area (Å²) in [6, 6.07) is 4.89. The van der Waals surface area contributed by atoms with Gasteiger partial charge in [0.15, 0.2) is 0 Å². The van der Waals surface area contributed by atoms with Crippen molar-refractivity contribution >= 4 is 21.8 Å². The van der Waals surface area contributed by atoms with E-state index in [1.54, 1.807) is 25.1 Å². The zero-order chi connectivity index (χ0) is 14.4. The third kappa shape index (κ3) is 4.53. The summed E-state index contributed by atoms with van der Waals surface area (Å²) in [7, 11) is 0. The van der Waals surface area contributed by atoms with Crippen molar-refractivity contribution in [1.29, 1.82) is 0 Å².